The molecule has 3 heteroatoms. The zero-order valence-electron chi connectivity index (χ0n) is 12.9. The van der Waals surface area contributed by atoms with E-state index in [9.17, 15) is 0 Å². The first kappa shape index (κ1) is 15.9. The van der Waals surface area contributed by atoms with Gasteiger partial charge in [-0.05, 0) is 39.7 Å². The van der Waals surface area contributed by atoms with Crippen molar-refractivity contribution >= 4 is 0 Å². The van der Waals surface area contributed by atoms with Gasteiger partial charge in [-0.15, -0.1) is 0 Å². The molecule has 1 N–H and O–H groups in total. The summed E-state index contributed by atoms with van der Waals surface area (Å²) in [7, 11) is 0. The third kappa shape index (κ3) is 5.25. The second-order valence-corrected chi connectivity index (χ2v) is 6.00. The van der Waals surface area contributed by atoms with Crippen LogP contribution in [-0.4, -0.2) is 48.8 Å². The van der Waals surface area contributed by atoms with E-state index in [1.54, 1.807) is 0 Å². The molecule has 1 aliphatic heterocycles. The van der Waals surface area contributed by atoms with Crippen molar-refractivity contribution in [1.82, 2.24) is 10.2 Å². The minimum atomic E-state index is 0.393. The van der Waals surface area contributed by atoms with Crippen molar-refractivity contribution in [3.05, 3.63) is 0 Å². The summed E-state index contributed by atoms with van der Waals surface area (Å²) in [6, 6.07) is 1.90. The van der Waals surface area contributed by atoms with Crippen LogP contribution in [0.4, 0.5) is 0 Å². The third-order valence-electron chi connectivity index (χ3n) is 3.90. The number of nitrogens with one attached hydrogen (secondary N) is 1. The van der Waals surface area contributed by atoms with Gasteiger partial charge >= 0.3 is 0 Å². The lowest BCUT2D eigenvalue weighted by atomic mass is 10.0. The van der Waals surface area contributed by atoms with Crippen LogP contribution in [-0.2, 0) is 4.74 Å². The highest BCUT2D eigenvalue weighted by Crippen LogP contribution is 2.19. The van der Waals surface area contributed by atoms with E-state index in [1.165, 1.54) is 19.3 Å². The summed E-state index contributed by atoms with van der Waals surface area (Å²) in [5.41, 5.74) is 0. The van der Waals surface area contributed by atoms with Gasteiger partial charge in [0.2, 0.25) is 0 Å². The summed E-state index contributed by atoms with van der Waals surface area (Å²) >= 11 is 0. The average Bonchev–Trinajstić information content (AvgIpc) is 2.34. The van der Waals surface area contributed by atoms with Gasteiger partial charge in [0.15, 0.2) is 0 Å². The maximum atomic E-state index is 5.76. The Bertz CT molecular complexity index is 221. The lowest BCUT2D eigenvalue weighted by Crippen LogP contribution is -2.52. The van der Waals surface area contributed by atoms with Gasteiger partial charge in [0, 0.05) is 24.7 Å². The van der Waals surface area contributed by atoms with Crippen LogP contribution < -0.4 is 5.32 Å². The van der Waals surface area contributed by atoms with Crippen LogP contribution >= 0.6 is 0 Å². The Morgan fingerprint density at radius 3 is 2.67 bits per heavy atom. The molecule has 0 spiro atoms. The topological polar surface area (TPSA) is 24.5 Å². The van der Waals surface area contributed by atoms with Gasteiger partial charge in [-0.25, -0.2) is 0 Å². The Balaban J connectivity index is 2.31. The van der Waals surface area contributed by atoms with E-state index in [1.807, 2.05) is 0 Å². The Morgan fingerprint density at radius 1 is 1.33 bits per heavy atom. The van der Waals surface area contributed by atoms with Crippen molar-refractivity contribution < 1.29 is 4.74 Å². The first-order valence-corrected chi connectivity index (χ1v) is 7.65. The van der Waals surface area contributed by atoms with Crippen LogP contribution in [0.1, 0.15) is 53.9 Å². The summed E-state index contributed by atoms with van der Waals surface area (Å²) < 4.78 is 5.76. The summed E-state index contributed by atoms with van der Waals surface area (Å²) in [5, 5.41) is 3.49. The highest BCUT2D eigenvalue weighted by Gasteiger charge is 2.28. The van der Waals surface area contributed by atoms with E-state index in [0.717, 1.165) is 19.7 Å². The van der Waals surface area contributed by atoms with Crippen LogP contribution in [0.15, 0.2) is 0 Å². The largest absolute Gasteiger partial charge is 0.376 e. The molecule has 108 valence electrons. The molecule has 0 bridgehead atoms. The molecule has 0 aromatic rings. The molecule has 1 saturated heterocycles. The lowest BCUT2D eigenvalue weighted by molar-refractivity contribution is -0.0710. The van der Waals surface area contributed by atoms with Crippen molar-refractivity contribution in [1.29, 1.82) is 0 Å². The van der Waals surface area contributed by atoms with Crippen molar-refractivity contribution in [2.45, 2.75) is 78.1 Å². The minimum Gasteiger partial charge on any atom is -0.376 e. The highest BCUT2D eigenvalue weighted by atomic mass is 16.5. The molecule has 3 nitrogen and oxygen atoms in total. The molecule has 1 aliphatic rings. The molecule has 0 saturated carbocycles. The van der Waals surface area contributed by atoms with Gasteiger partial charge in [0.05, 0.1) is 12.7 Å². The quantitative estimate of drug-likeness (QED) is 0.709. The molecule has 3 atom stereocenters. The van der Waals surface area contributed by atoms with E-state index >= 15 is 0 Å². The van der Waals surface area contributed by atoms with E-state index < -0.39 is 0 Å². The number of nitrogens with zero attached hydrogens (tertiary/aromatic N) is 1. The van der Waals surface area contributed by atoms with Gasteiger partial charge in [-0.3, -0.25) is 4.90 Å². The summed E-state index contributed by atoms with van der Waals surface area (Å²) in [5.74, 6) is 0. The summed E-state index contributed by atoms with van der Waals surface area (Å²) in [6.07, 6.45) is 4.13. The van der Waals surface area contributed by atoms with Gasteiger partial charge in [-0.1, -0.05) is 20.8 Å². The molecule has 0 aromatic heterocycles. The van der Waals surface area contributed by atoms with Crippen molar-refractivity contribution in [3.8, 4) is 0 Å². The molecule has 1 rings (SSSR count). The van der Waals surface area contributed by atoms with E-state index in [0.29, 0.717) is 24.2 Å². The van der Waals surface area contributed by atoms with E-state index in [4.69, 9.17) is 4.74 Å². The minimum absolute atomic E-state index is 0.393. The van der Waals surface area contributed by atoms with Crippen LogP contribution in [0.3, 0.4) is 0 Å². The summed E-state index contributed by atoms with van der Waals surface area (Å²) in [6.45, 7) is 14.4. The van der Waals surface area contributed by atoms with Gasteiger partial charge in [0.25, 0.3) is 0 Å². The van der Waals surface area contributed by atoms with Gasteiger partial charge in [-0.2, -0.15) is 0 Å². The van der Waals surface area contributed by atoms with Crippen LogP contribution in [0.25, 0.3) is 0 Å². The van der Waals surface area contributed by atoms with Crippen molar-refractivity contribution in [2.24, 2.45) is 0 Å². The first-order chi connectivity index (χ1) is 8.54. The molecule has 0 aliphatic carbocycles. The number of hydrogen-bond acceptors (Lipinski definition) is 3. The SMILES string of the molecule is CCC1COC(C)CN1C(C)CCCNC(C)C. The Labute approximate surface area is 113 Å². The standard InChI is InChI=1S/C15H32N2O/c1-6-15-11-18-14(5)10-17(15)13(4)8-7-9-16-12(2)3/h12-16H,6-11H2,1-5H3. The Hall–Kier alpha value is -0.120. The fourth-order valence-corrected chi connectivity index (χ4v) is 2.72. The normalized spacial score (nSPS) is 27.7. The first-order valence-electron chi connectivity index (χ1n) is 7.65. The maximum absolute atomic E-state index is 5.76. The van der Waals surface area contributed by atoms with Crippen LogP contribution in [0, 0.1) is 0 Å². The van der Waals surface area contributed by atoms with Gasteiger partial charge < -0.3 is 10.1 Å². The van der Waals surface area contributed by atoms with Crippen LogP contribution in [0.5, 0.6) is 0 Å². The molecule has 0 radical (unpaired) electrons. The zero-order valence-corrected chi connectivity index (χ0v) is 12.9. The fourth-order valence-electron chi connectivity index (χ4n) is 2.72. The van der Waals surface area contributed by atoms with Crippen molar-refractivity contribution in [2.75, 3.05) is 19.7 Å². The van der Waals surface area contributed by atoms with Crippen LogP contribution in [0.2, 0.25) is 0 Å². The van der Waals surface area contributed by atoms with Gasteiger partial charge in [0.1, 0.15) is 0 Å². The number of rotatable bonds is 7. The lowest BCUT2D eigenvalue weighted by Gasteiger charge is -2.42. The fraction of sp³-hybridized carbons (Fsp3) is 1.00. The third-order valence-corrected chi connectivity index (χ3v) is 3.90. The zero-order chi connectivity index (χ0) is 13.5. The average molecular weight is 256 g/mol. The molecule has 1 fully saturated rings. The highest BCUT2D eigenvalue weighted by molar-refractivity contribution is 4.81. The maximum Gasteiger partial charge on any atom is 0.0674 e. The number of ether oxygens (including phenoxy) is 1. The number of hydrogen-bond donors (Lipinski definition) is 1. The molecular formula is C15H32N2O. The Kier molecular flexibility index (Phi) is 7.20. The molecular weight excluding hydrogens is 224 g/mol. The second kappa shape index (κ2) is 8.13. The Morgan fingerprint density at radius 2 is 2.06 bits per heavy atom. The predicted octanol–water partition coefficient (Wildman–Crippen LogP) is 2.65. The predicted molar refractivity (Wildman–Crippen MR) is 78.0 cm³/mol. The number of morpholine rings is 1. The molecule has 3 unspecified atom stereocenters. The monoisotopic (exact) mass is 256 g/mol. The van der Waals surface area contributed by atoms with E-state index in [2.05, 4.69) is 44.8 Å². The molecule has 1 heterocycles. The van der Waals surface area contributed by atoms with Crippen molar-refractivity contribution in [3.63, 3.8) is 0 Å². The smallest absolute Gasteiger partial charge is 0.0674 e. The second-order valence-electron chi connectivity index (χ2n) is 6.00. The summed E-state index contributed by atoms with van der Waals surface area (Å²) in [4.78, 5) is 2.66. The molecule has 18 heavy (non-hydrogen) atoms. The molecule has 0 aromatic carbocycles. The van der Waals surface area contributed by atoms with E-state index in [-0.39, 0.29) is 0 Å². The molecule has 0 amide bonds.